The minimum atomic E-state index is -4.88. The third-order valence-electron chi connectivity index (χ3n) is 9.20. The lowest BCUT2D eigenvalue weighted by atomic mass is 9.86. The number of nitrogens with one attached hydrogen (secondary N) is 3. The van der Waals surface area contributed by atoms with Gasteiger partial charge in [0.05, 0.1) is 19.3 Å². The molecule has 6 unspecified atom stereocenters. The molecule has 4 N–H and O–H groups in total. The Labute approximate surface area is 321 Å². The molecule has 2 aromatic carbocycles. The highest BCUT2D eigenvalue weighted by molar-refractivity contribution is 8.00. The van der Waals surface area contributed by atoms with Crippen LogP contribution >= 0.6 is 11.8 Å². The second-order valence-electron chi connectivity index (χ2n) is 14.4. The summed E-state index contributed by atoms with van der Waals surface area (Å²) in [6.07, 6.45) is -3.79. The van der Waals surface area contributed by atoms with E-state index in [4.69, 9.17) is 14.2 Å². The molecule has 55 heavy (non-hydrogen) atoms. The first kappa shape index (κ1) is 41.6. The van der Waals surface area contributed by atoms with Crippen molar-refractivity contribution in [3.8, 4) is 16.9 Å². The number of ether oxygens (including phenoxy) is 4. The predicted molar refractivity (Wildman–Crippen MR) is 197 cm³/mol. The van der Waals surface area contributed by atoms with Crippen molar-refractivity contribution in [2.75, 3.05) is 26.0 Å². The average molecular weight is 790 g/mol. The van der Waals surface area contributed by atoms with Gasteiger partial charge in [-0.15, -0.1) is 24.9 Å². The summed E-state index contributed by atoms with van der Waals surface area (Å²) >= 11 is 1.59. The number of benzene rings is 2. The van der Waals surface area contributed by atoms with E-state index >= 15 is 0 Å². The van der Waals surface area contributed by atoms with E-state index < -0.39 is 53.8 Å². The molecule has 6 atom stereocenters. The topological polar surface area (TPSA) is 161 Å². The number of hydrogen-bond acceptors (Lipinski definition) is 11. The largest absolute Gasteiger partial charge is 0.573 e. The van der Waals surface area contributed by atoms with Gasteiger partial charge in [0, 0.05) is 43.8 Å². The van der Waals surface area contributed by atoms with Crippen molar-refractivity contribution in [2.45, 2.75) is 76.2 Å². The lowest BCUT2D eigenvalue weighted by Gasteiger charge is -2.34. The van der Waals surface area contributed by atoms with Crippen LogP contribution in [0.2, 0.25) is 0 Å². The molecule has 13 nitrogen and oxygen atoms in total. The number of halogens is 3. The summed E-state index contributed by atoms with van der Waals surface area (Å²) in [5.74, 6) is -0.445. The van der Waals surface area contributed by atoms with Crippen LogP contribution in [0.3, 0.4) is 0 Å². The number of hydrazine groups is 1. The minimum Gasteiger partial charge on any atom is -0.453 e. The molecule has 2 saturated heterocycles. The molecule has 0 bridgehead atoms. The van der Waals surface area contributed by atoms with E-state index in [9.17, 15) is 32.7 Å². The van der Waals surface area contributed by atoms with E-state index in [-0.39, 0.29) is 37.0 Å². The highest BCUT2D eigenvalue weighted by Crippen LogP contribution is 2.41. The molecule has 1 aromatic heterocycles. The molecule has 3 amide bonds. The van der Waals surface area contributed by atoms with Gasteiger partial charge in [-0.3, -0.25) is 15.2 Å². The number of methoxy groups -OCH3 is 1. The van der Waals surface area contributed by atoms with Crippen LogP contribution in [0.1, 0.15) is 38.3 Å². The molecule has 0 aliphatic carbocycles. The summed E-state index contributed by atoms with van der Waals surface area (Å²) in [6, 6.07) is 14.3. The first-order valence-corrected chi connectivity index (χ1v) is 18.7. The van der Waals surface area contributed by atoms with Crippen molar-refractivity contribution < 1.29 is 51.6 Å². The summed E-state index contributed by atoms with van der Waals surface area (Å²) in [4.78, 5) is 43.5. The third kappa shape index (κ3) is 12.2. The SMILES string of the molecule is COC(=O)NC(C(=O)NN(Cc1ccc(OC(F)(F)F)cc1)CC(O)C(Cc1ccc(-c2cccnc2)cc1)NC(=O)OC1CSC2OCCC12)C(C)(C)C. The zero-order valence-electron chi connectivity index (χ0n) is 30.9. The van der Waals surface area contributed by atoms with Gasteiger partial charge in [0.25, 0.3) is 5.91 Å². The summed E-state index contributed by atoms with van der Waals surface area (Å²) in [7, 11) is 1.16. The number of carbonyl (C=O) groups is 3. The highest BCUT2D eigenvalue weighted by Gasteiger charge is 2.43. The van der Waals surface area contributed by atoms with E-state index in [1.165, 1.54) is 17.1 Å². The Bertz CT molecular complexity index is 1730. The summed E-state index contributed by atoms with van der Waals surface area (Å²) in [5.41, 5.74) is 4.99. The van der Waals surface area contributed by atoms with Crippen LogP contribution in [-0.4, -0.2) is 95.3 Å². The Hall–Kier alpha value is -4.58. The van der Waals surface area contributed by atoms with E-state index in [1.54, 1.807) is 44.9 Å². The fraction of sp³-hybridized carbons (Fsp3) is 0.474. The predicted octanol–water partition coefficient (Wildman–Crippen LogP) is 5.43. The molecule has 0 radical (unpaired) electrons. The van der Waals surface area contributed by atoms with Gasteiger partial charge in [-0.25, -0.2) is 14.6 Å². The second kappa shape index (κ2) is 18.4. The Morgan fingerprint density at radius 1 is 1.00 bits per heavy atom. The number of hydrogen-bond donors (Lipinski definition) is 4. The maximum Gasteiger partial charge on any atom is 0.573 e. The Morgan fingerprint density at radius 3 is 2.35 bits per heavy atom. The van der Waals surface area contributed by atoms with Gasteiger partial charge in [-0.05, 0) is 58.7 Å². The molecule has 17 heteroatoms. The zero-order valence-corrected chi connectivity index (χ0v) is 31.7. The third-order valence-corrected chi connectivity index (χ3v) is 10.5. The van der Waals surface area contributed by atoms with E-state index in [1.807, 2.05) is 36.4 Å². The first-order valence-electron chi connectivity index (χ1n) is 17.7. The molecular formula is C38H46F3N5O8S. The zero-order chi connectivity index (χ0) is 39.8. The number of alkyl carbamates (subject to hydrolysis) is 2. The molecular weight excluding hydrogens is 744 g/mol. The lowest BCUT2D eigenvalue weighted by molar-refractivity contribution is -0.274. The number of carbonyl (C=O) groups excluding carboxylic acids is 3. The quantitative estimate of drug-likeness (QED) is 0.154. The molecule has 298 valence electrons. The molecule has 3 heterocycles. The van der Waals surface area contributed by atoms with Gasteiger partial charge in [-0.1, -0.05) is 63.2 Å². The van der Waals surface area contributed by atoms with Crippen LogP contribution in [0.5, 0.6) is 5.75 Å². The van der Waals surface area contributed by atoms with Crippen molar-refractivity contribution in [1.82, 2.24) is 26.1 Å². The lowest BCUT2D eigenvalue weighted by Crippen LogP contribution is -2.59. The normalized spacial score (nSPS) is 19.8. The molecule has 2 aliphatic heterocycles. The van der Waals surface area contributed by atoms with E-state index in [2.05, 4.69) is 25.8 Å². The van der Waals surface area contributed by atoms with Gasteiger partial charge in [-0.2, -0.15) is 0 Å². The standard InChI is InChI=1S/C38H46F3N5O8S/c1-37(2,3)32(44-35(49)51-4)33(48)45-46(20-24-9-13-27(14-10-24)54-38(39,40)41)21-30(47)29(43-36(50)53-31-22-55-34-28(31)15-17-52-34)18-23-7-11-25(12-8-23)26-6-5-16-42-19-26/h5-14,16,19,28-32,34,47H,15,17-18,20-22H2,1-4H3,(H,43,50)(H,44,49)(H,45,48). The number of aliphatic hydroxyl groups is 1. The van der Waals surface area contributed by atoms with Crippen LogP contribution in [0.15, 0.2) is 73.1 Å². The summed E-state index contributed by atoms with van der Waals surface area (Å²) in [6.45, 7) is 5.44. The van der Waals surface area contributed by atoms with Gasteiger partial charge in [0.1, 0.15) is 23.3 Å². The maximum atomic E-state index is 13.7. The number of aromatic nitrogens is 1. The number of amides is 3. The molecule has 0 spiro atoms. The fourth-order valence-electron chi connectivity index (χ4n) is 6.37. The van der Waals surface area contributed by atoms with Crippen LogP contribution in [0.25, 0.3) is 11.1 Å². The number of nitrogens with zero attached hydrogens (tertiary/aromatic N) is 2. The Morgan fingerprint density at radius 2 is 1.71 bits per heavy atom. The number of rotatable bonds is 14. The van der Waals surface area contributed by atoms with Crippen molar-refractivity contribution in [2.24, 2.45) is 11.3 Å². The summed E-state index contributed by atoms with van der Waals surface area (Å²) in [5, 5.41) is 18.6. The number of alkyl halides is 3. The van der Waals surface area contributed by atoms with E-state index in [0.717, 1.165) is 42.4 Å². The van der Waals surface area contributed by atoms with Crippen LogP contribution in [0.4, 0.5) is 22.8 Å². The molecule has 0 saturated carbocycles. The van der Waals surface area contributed by atoms with Crippen molar-refractivity contribution in [3.63, 3.8) is 0 Å². The second-order valence-corrected chi connectivity index (χ2v) is 15.5. The highest BCUT2D eigenvalue weighted by atomic mass is 32.2. The van der Waals surface area contributed by atoms with Crippen LogP contribution in [0, 0.1) is 11.3 Å². The number of thioether (sulfide) groups is 1. The van der Waals surface area contributed by atoms with E-state index in [0.29, 0.717) is 17.9 Å². The minimum absolute atomic E-state index is 0.0330. The fourth-order valence-corrected chi connectivity index (χ4v) is 7.81. The maximum absolute atomic E-state index is 13.7. The number of pyridine rings is 1. The molecule has 2 fully saturated rings. The monoisotopic (exact) mass is 789 g/mol. The van der Waals surface area contributed by atoms with Gasteiger partial charge in [0.2, 0.25) is 0 Å². The van der Waals surface area contributed by atoms with Crippen LogP contribution in [-0.2, 0) is 32.0 Å². The van der Waals surface area contributed by atoms with Crippen molar-refractivity contribution >= 4 is 29.9 Å². The molecule has 5 rings (SSSR count). The van der Waals surface area contributed by atoms with Crippen molar-refractivity contribution in [1.29, 1.82) is 0 Å². The van der Waals surface area contributed by atoms with Gasteiger partial charge < -0.3 is 34.7 Å². The number of aliphatic hydroxyl groups excluding tert-OH is 1. The Balaban J connectivity index is 1.38. The molecule has 3 aromatic rings. The van der Waals surface area contributed by atoms with Crippen molar-refractivity contribution in [3.05, 3.63) is 84.2 Å². The number of fused-ring (bicyclic) bond motifs is 1. The van der Waals surface area contributed by atoms with Gasteiger partial charge in [0.15, 0.2) is 0 Å². The first-order chi connectivity index (χ1) is 26.1. The molecule has 2 aliphatic rings. The average Bonchev–Trinajstić information content (AvgIpc) is 3.75. The van der Waals surface area contributed by atoms with Gasteiger partial charge >= 0.3 is 18.5 Å². The summed E-state index contributed by atoms with van der Waals surface area (Å²) < 4.78 is 58.8. The Kier molecular flexibility index (Phi) is 13.9. The van der Waals surface area contributed by atoms with Crippen LogP contribution < -0.4 is 20.8 Å². The smallest absolute Gasteiger partial charge is 0.453 e.